The molecule has 0 saturated carbocycles. The van der Waals surface area contributed by atoms with Gasteiger partial charge in [-0.1, -0.05) is 19.1 Å². The molecular weight excluding hydrogens is 336 g/mol. The lowest BCUT2D eigenvalue weighted by atomic mass is 10.1. The fourth-order valence-electron chi connectivity index (χ4n) is 2.38. The lowest BCUT2D eigenvalue weighted by molar-refractivity contribution is -0.384. The average Bonchev–Trinajstić information content (AvgIpc) is 2.60. The second kappa shape index (κ2) is 8.75. The Balaban J connectivity index is 2.16. The summed E-state index contributed by atoms with van der Waals surface area (Å²) in [6.45, 7) is 3.40. The number of Topliss-reactive ketones (excluding diaryl/α,β-unsaturated/α-hetero) is 1. The van der Waals surface area contributed by atoms with Crippen LogP contribution in [-0.4, -0.2) is 16.6 Å². The van der Waals surface area contributed by atoms with Crippen LogP contribution >= 0.6 is 0 Å². The van der Waals surface area contributed by atoms with Crippen LogP contribution < -0.4 is 10.1 Å². The van der Waals surface area contributed by atoms with E-state index < -0.39 is 4.92 Å². The normalized spacial score (nSPS) is 10.2. The number of nitro groups is 1. The van der Waals surface area contributed by atoms with Crippen molar-refractivity contribution in [2.75, 3.05) is 5.32 Å². The van der Waals surface area contributed by atoms with Crippen LogP contribution in [-0.2, 0) is 11.4 Å². The maximum atomic E-state index is 11.9. The summed E-state index contributed by atoms with van der Waals surface area (Å²) in [5, 5.41) is 13.6. The lowest BCUT2D eigenvalue weighted by Gasteiger charge is -2.12. The third-order valence-electron chi connectivity index (χ3n) is 3.64. The van der Waals surface area contributed by atoms with Crippen LogP contribution in [0.3, 0.4) is 0 Å². The predicted molar refractivity (Wildman–Crippen MR) is 97.4 cm³/mol. The van der Waals surface area contributed by atoms with Crippen LogP contribution in [0.5, 0.6) is 5.75 Å². The van der Waals surface area contributed by atoms with Gasteiger partial charge in [0, 0.05) is 24.2 Å². The minimum atomic E-state index is -0.474. The summed E-state index contributed by atoms with van der Waals surface area (Å²) >= 11 is 0. The molecule has 1 N–H and O–H groups in total. The molecule has 0 radical (unpaired) electrons. The monoisotopic (exact) mass is 356 g/mol. The Labute approximate surface area is 151 Å². The molecule has 26 heavy (non-hydrogen) atoms. The second-order valence-corrected chi connectivity index (χ2v) is 5.78. The van der Waals surface area contributed by atoms with Gasteiger partial charge in [-0.15, -0.1) is 0 Å². The molecule has 0 aromatic heterocycles. The molecule has 0 atom stereocenters. The highest BCUT2D eigenvalue weighted by Gasteiger charge is 2.12. The third kappa shape index (κ3) is 5.14. The van der Waals surface area contributed by atoms with E-state index in [9.17, 15) is 19.7 Å². The van der Waals surface area contributed by atoms with Gasteiger partial charge in [-0.2, -0.15) is 0 Å². The molecule has 0 aliphatic carbocycles. The molecule has 1 amide bonds. The highest BCUT2D eigenvalue weighted by Crippen LogP contribution is 2.25. The molecule has 0 bridgehead atoms. The second-order valence-electron chi connectivity index (χ2n) is 5.78. The quantitative estimate of drug-likeness (QED) is 0.436. The number of nitro benzene ring substituents is 1. The molecule has 2 aromatic rings. The summed E-state index contributed by atoms with van der Waals surface area (Å²) in [5.74, 6) is 0.0374. The first-order chi connectivity index (χ1) is 12.4. The zero-order valence-electron chi connectivity index (χ0n) is 14.7. The Morgan fingerprint density at radius 1 is 1.19 bits per heavy atom. The molecule has 0 aliphatic rings. The minimum Gasteiger partial charge on any atom is -0.488 e. The molecule has 0 heterocycles. The van der Waals surface area contributed by atoms with Gasteiger partial charge in [0.15, 0.2) is 5.78 Å². The molecule has 7 nitrogen and oxygen atoms in total. The summed E-state index contributed by atoms with van der Waals surface area (Å²) in [6, 6.07) is 10.9. The number of nitrogens with zero attached hydrogens (tertiary/aromatic N) is 1. The molecule has 2 rings (SSSR count). The van der Waals surface area contributed by atoms with Crippen LogP contribution in [0.2, 0.25) is 0 Å². The fourth-order valence-corrected chi connectivity index (χ4v) is 2.38. The van der Waals surface area contributed by atoms with Crippen LogP contribution in [0.1, 0.15) is 42.6 Å². The van der Waals surface area contributed by atoms with Crippen molar-refractivity contribution in [1.29, 1.82) is 0 Å². The number of rotatable bonds is 8. The molecule has 2 aromatic carbocycles. The summed E-state index contributed by atoms with van der Waals surface area (Å²) in [5.41, 5.74) is 1.46. The highest BCUT2D eigenvalue weighted by atomic mass is 16.6. The van der Waals surface area contributed by atoms with Crippen LogP contribution in [0.25, 0.3) is 0 Å². The van der Waals surface area contributed by atoms with Crippen molar-refractivity contribution in [2.24, 2.45) is 0 Å². The van der Waals surface area contributed by atoms with Gasteiger partial charge in [0.05, 0.1) is 10.5 Å². The topological polar surface area (TPSA) is 98.5 Å². The van der Waals surface area contributed by atoms with Gasteiger partial charge in [0.2, 0.25) is 5.91 Å². The van der Waals surface area contributed by atoms with Gasteiger partial charge < -0.3 is 10.1 Å². The van der Waals surface area contributed by atoms with Gasteiger partial charge in [0.25, 0.3) is 5.69 Å². The van der Waals surface area contributed by atoms with E-state index in [4.69, 9.17) is 4.74 Å². The van der Waals surface area contributed by atoms with Crippen molar-refractivity contribution in [1.82, 2.24) is 0 Å². The van der Waals surface area contributed by atoms with Gasteiger partial charge >= 0.3 is 0 Å². The van der Waals surface area contributed by atoms with Crippen molar-refractivity contribution in [3.8, 4) is 5.75 Å². The molecule has 7 heteroatoms. The number of benzene rings is 2. The molecular formula is C19H20N2O5. The molecule has 0 fully saturated rings. The summed E-state index contributed by atoms with van der Waals surface area (Å²) in [4.78, 5) is 34.0. The number of non-ortho nitro benzene ring substituents is 1. The number of carbonyl (C=O) groups excluding carboxylic acids is 2. The van der Waals surface area contributed by atoms with Crippen molar-refractivity contribution in [3.05, 3.63) is 63.7 Å². The Morgan fingerprint density at radius 2 is 1.96 bits per heavy atom. The SMILES string of the molecule is CCCC(=O)Nc1ccc(OCc2cccc([N+](=O)[O-])c2)c(C(C)=O)c1. The number of hydrogen-bond donors (Lipinski definition) is 1. The number of ketones is 1. The van der Waals surface area contributed by atoms with Gasteiger partial charge in [-0.05, 0) is 37.1 Å². The number of anilines is 1. The van der Waals surface area contributed by atoms with E-state index in [0.717, 1.165) is 6.42 Å². The van der Waals surface area contributed by atoms with Gasteiger partial charge in [-0.25, -0.2) is 0 Å². The number of hydrogen-bond acceptors (Lipinski definition) is 5. The summed E-state index contributed by atoms with van der Waals surface area (Å²) in [6.07, 6.45) is 1.14. The van der Waals surface area contributed by atoms with E-state index in [2.05, 4.69) is 5.32 Å². The van der Waals surface area contributed by atoms with E-state index in [1.165, 1.54) is 19.1 Å². The van der Waals surface area contributed by atoms with Crippen LogP contribution in [0.15, 0.2) is 42.5 Å². The first-order valence-corrected chi connectivity index (χ1v) is 8.21. The summed E-state index contributed by atoms with van der Waals surface area (Å²) in [7, 11) is 0. The molecule has 0 saturated heterocycles. The number of amides is 1. The van der Waals surface area contributed by atoms with Gasteiger partial charge in [-0.3, -0.25) is 19.7 Å². The van der Waals surface area contributed by atoms with Crippen molar-refractivity contribution in [3.63, 3.8) is 0 Å². The Morgan fingerprint density at radius 3 is 2.62 bits per heavy atom. The Hall–Kier alpha value is -3.22. The standard InChI is InChI=1S/C19H20N2O5/c1-3-5-19(23)20-15-8-9-18(17(11-15)13(2)22)26-12-14-6-4-7-16(10-14)21(24)25/h4,6-11H,3,5,12H2,1-2H3,(H,20,23). The fraction of sp³-hybridized carbons (Fsp3) is 0.263. The van der Waals surface area contributed by atoms with E-state index in [0.29, 0.717) is 29.0 Å². The van der Waals surface area contributed by atoms with E-state index in [-0.39, 0.29) is 24.0 Å². The largest absolute Gasteiger partial charge is 0.488 e. The Bertz CT molecular complexity index is 832. The smallest absolute Gasteiger partial charge is 0.269 e. The Kier molecular flexibility index (Phi) is 6.43. The predicted octanol–water partition coefficient (Wildman–Crippen LogP) is 4.12. The van der Waals surface area contributed by atoms with Crippen molar-refractivity contribution in [2.45, 2.75) is 33.3 Å². The minimum absolute atomic E-state index is 0.0214. The van der Waals surface area contributed by atoms with Crippen molar-refractivity contribution >= 4 is 23.1 Å². The maximum Gasteiger partial charge on any atom is 0.269 e. The van der Waals surface area contributed by atoms with Crippen molar-refractivity contribution < 1.29 is 19.2 Å². The number of ether oxygens (including phenoxy) is 1. The zero-order valence-corrected chi connectivity index (χ0v) is 14.7. The van der Waals surface area contributed by atoms with E-state index in [1.807, 2.05) is 6.92 Å². The summed E-state index contributed by atoms with van der Waals surface area (Å²) < 4.78 is 5.67. The van der Waals surface area contributed by atoms with E-state index >= 15 is 0 Å². The first kappa shape index (κ1) is 19.1. The first-order valence-electron chi connectivity index (χ1n) is 8.21. The average molecular weight is 356 g/mol. The zero-order chi connectivity index (χ0) is 19.1. The van der Waals surface area contributed by atoms with Crippen LogP contribution in [0.4, 0.5) is 11.4 Å². The number of nitrogens with one attached hydrogen (secondary N) is 1. The third-order valence-corrected chi connectivity index (χ3v) is 3.64. The number of carbonyl (C=O) groups is 2. The maximum absolute atomic E-state index is 11.9. The molecule has 0 spiro atoms. The van der Waals surface area contributed by atoms with E-state index in [1.54, 1.807) is 30.3 Å². The molecule has 0 unspecified atom stereocenters. The lowest BCUT2D eigenvalue weighted by Crippen LogP contribution is -2.11. The highest BCUT2D eigenvalue weighted by molar-refractivity contribution is 5.99. The molecule has 0 aliphatic heterocycles. The van der Waals surface area contributed by atoms with Crippen LogP contribution in [0, 0.1) is 10.1 Å². The van der Waals surface area contributed by atoms with Gasteiger partial charge in [0.1, 0.15) is 12.4 Å². The molecule has 136 valence electrons.